The number of nitroso groups, excluding NO2 is 1. The van der Waals surface area contributed by atoms with Gasteiger partial charge in [0.15, 0.2) is 0 Å². The lowest BCUT2D eigenvalue weighted by Crippen LogP contribution is -2.14. The highest BCUT2D eigenvalue weighted by Crippen LogP contribution is 2.12. The molecule has 0 aliphatic rings. The Labute approximate surface area is 92.8 Å². The van der Waals surface area contributed by atoms with E-state index in [0.717, 1.165) is 5.56 Å². The van der Waals surface area contributed by atoms with Crippen molar-refractivity contribution < 1.29 is 9.90 Å². The van der Waals surface area contributed by atoms with Crippen LogP contribution in [0, 0.1) is 11.8 Å². The van der Waals surface area contributed by atoms with E-state index in [-0.39, 0.29) is 0 Å². The zero-order chi connectivity index (χ0) is 12.1. The largest absolute Gasteiger partial charge is 0.510 e. The van der Waals surface area contributed by atoms with Gasteiger partial charge >= 0.3 is 0 Å². The molecule has 0 fully saturated rings. The zero-order valence-corrected chi connectivity index (χ0v) is 9.02. The number of nitrogens with one attached hydrogen (secondary N) is 1. The molecule has 5 heteroatoms. The van der Waals surface area contributed by atoms with Crippen LogP contribution < -0.4 is 5.32 Å². The predicted molar refractivity (Wildman–Crippen MR) is 60.9 cm³/mol. The van der Waals surface area contributed by atoms with Gasteiger partial charge in [-0.2, -0.15) is 0 Å². The number of benzene rings is 1. The van der Waals surface area contributed by atoms with Gasteiger partial charge in [0.25, 0.3) is 5.91 Å². The van der Waals surface area contributed by atoms with Crippen LogP contribution in [0.3, 0.4) is 0 Å². The molecule has 0 unspecified atom stereocenters. The summed E-state index contributed by atoms with van der Waals surface area (Å²) < 4.78 is 0. The van der Waals surface area contributed by atoms with E-state index in [1.807, 2.05) is 13.0 Å². The van der Waals surface area contributed by atoms with E-state index < -0.39 is 17.4 Å². The van der Waals surface area contributed by atoms with Crippen molar-refractivity contribution in [2.45, 2.75) is 13.8 Å². The minimum absolute atomic E-state index is 0.403. The van der Waals surface area contributed by atoms with E-state index in [4.69, 9.17) is 5.11 Å². The van der Waals surface area contributed by atoms with Gasteiger partial charge < -0.3 is 10.4 Å². The number of carbonyl (C=O) groups excluding carboxylic acids is 1. The number of rotatable bonds is 3. The molecule has 0 aliphatic heterocycles. The van der Waals surface area contributed by atoms with E-state index in [9.17, 15) is 9.70 Å². The number of aliphatic hydroxyl groups excluding tert-OH is 1. The third-order valence-corrected chi connectivity index (χ3v) is 1.93. The molecule has 0 saturated heterocycles. The molecule has 0 radical (unpaired) electrons. The Bertz CT molecular complexity index is 448. The van der Waals surface area contributed by atoms with Crippen molar-refractivity contribution in [2.24, 2.45) is 5.18 Å². The van der Waals surface area contributed by atoms with E-state index in [0.29, 0.717) is 5.69 Å². The molecule has 1 aromatic rings. The Hall–Kier alpha value is -2.17. The maximum absolute atomic E-state index is 11.5. The number of hydrogen-bond donors (Lipinski definition) is 2. The maximum Gasteiger partial charge on any atom is 0.281 e. The van der Waals surface area contributed by atoms with Gasteiger partial charge in [-0.25, -0.2) is 0 Å². The van der Waals surface area contributed by atoms with Gasteiger partial charge in [-0.1, -0.05) is 12.1 Å². The van der Waals surface area contributed by atoms with Crippen molar-refractivity contribution in [1.29, 1.82) is 0 Å². The third-order valence-electron chi connectivity index (χ3n) is 1.93. The molecule has 0 spiro atoms. The molecule has 5 nitrogen and oxygen atoms in total. The highest BCUT2D eigenvalue weighted by Gasteiger charge is 2.13. The molecule has 0 heterocycles. The number of aryl methyl sites for hydroxylation is 1. The zero-order valence-electron chi connectivity index (χ0n) is 9.02. The number of allylic oxidation sites excluding steroid dienone is 1. The fraction of sp³-hybridized carbons (Fsp3) is 0.182. The molecule has 0 bridgehead atoms. The summed E-state index contributed by atoms with van der Waals surface area (Å²) in [5.74, 6) is -1.12. The van der Waals surface area contributed by atoms with E-state index in [1.165, 1.54) is 6.92 Å². The van der Waals surface area contributed by atoms with Gasteiger partial charge in [-0.3, -0.25) is 4.79 Å². The molecule has 0 aliphatic carbocycles. The molecule has 84 valence electrons. The first-order chi connectivity index (χ1) is 7.54. The van der Waals surface area contributed by atoms with Crippen LogP contribution in [0.25, 0.3) is 0 Å². The molecule has 16 heavy (non-hydrogen) atoms. The quantitative estimate of drug-likeness (QED) is 0.466. The molecule has 0 aromatic heterocycles. The fourth-order valence-electron chi connectivity index (χ4n) is 1.18. The first-order valence-corrected chi connectivity index (χ1v) is 4.66. The van der Waals surface area contributed by atoms with Gasteiger partial charge in [-0.15, -0.1) is 4.91 Å². The second-order valence-corrected chi connectivity index (χ2v) is 3.35. The summed E-state index contributed by atoms with van der Waals surface area (Å²) in [4.78, 5) is 21.8. The molecule has 0 saturated carbocycles. The summed E-state index contributed by atoms with van der Waals surface area (Å²) in [6.45, 7) is 3.11. The highest BCUT2D eigenvalue weighted by atomic mass is 16.3. The molecule has 1 rings (SSSR count). The predicted octanol–water partition coefficient (Wildman–Crippen LogP) is 2.49. The van der Waals surface area contributed by atoms with Crippen LogP contribution >= 0.6 is 0 Å². The summed E-state index contributed by atoms with van der Waals surface area (Å²) >= 11 is 0. The van der Waals surface area contributed by atoms with Gasteiger partial charge in [0.05, 0.1) is 0 Å². The summed E-state index contributed by atoms with van der Waals surface area (Å²) in [7, 11) is 0. The average Bonchev–Trinajstić information content (AvgIpc) is 2.17. The number of nitrogens with zero attached hydrogens (tertiary/aromatic N) is 1. The van der Waals surface area contributed by atoms with Crippen LogP contribution in [0.5, 0.6) is 0 Å². The number of carbonyl (C=O) groups is 1. The van der Waals surface area contributed by atoms with Gasteiger partial charge in [0.1, 0.15) is 5.76 Å². The topological polar surface area (TPSA) is 78.8 Å². The second-order valence-electron chi connectivity index (χ2n) is 3.35. The van der Waals surface area contributed by atoms with Crippen LogP contribution in [-0.2, 0) is 4.79 Å². The minimum atomic E-state index is -0.722. The Balaban J connectivity index is 2.87. The summed E-state index contributed by atoms with van der Waals surface area (Å²) in [5.41, 5.74) is 1.01. The molecule has 1 amide bonds. The standard InChI is InChI=1S/C11H12N2O3/c1-7-4-3-5-9(6-7)12-11(15)10(13-16)8(2)14/h3-6,14H,1-2H3,(H,12,15). The smallest absolute Gasteiger partial charge is 0.281 e. The molecule has 1 aromatic carbocycles. The SMILES string of the molecule is CC(O)=C(N=O)C(=O)Nc1cccc(C)c1. The molecular formula is C11H12N2O3. The van der Waals surface area contributed by atoms with Crippen molar-refractivity contribution in [3.63, 3.8) is 0 Å². The van der Waals surface area contributed by atoms with Crippen LogP contribution in [0.2, 0.25) is 0 Å². The average molecular weight is 220 g/mol. The monoisotopic (exact) mass is 220 g/mol. The van der Waals surface area contributed by atoms with E-state index in [2.05, 4.69) is 10.5 Å². The second kappa shape index (κ2) is 5.06. The lowest BCUT2D eigenvalue weighted by Gasteiger charge is -2.04. The van der Waals surface area contributed by atoms with Crippen LogP contribution in [0.1, 0.15) is 12.5 Å². The summed E-state index contributed by atoms with van der Waals surface area (Å²) in [6, 6.07) is 7.07. The number of aliphatic hydroxyl groups is 1. The normalized spacial score (nSPS) is 11.6. The lowest BCUT2D eigenvalue weighted by atomic mass is 10.2. The van der Waals surface area contributed by atoms with Gasteiger partial charge in [0.2, 0.25) is 5.70 Å². The first kappa shape index (κ1) is 11.9. The van der Waals surface area contributed by atoms with Crippen LogP contribution in [0.4, 0.5) is 5.69 Å². The van der Waals surface area contributed by atoms with Gasteiger partial charge in [-0.05, 0) is 36.7 Å². The van der Waals surface area contributed by atoms with E-state index in [1.54, 1.807) is 18.2 Å². The van der Waals surface area contributed by atoms with E-state index >= 15 is 0 Å². The molecule has 0 atom stereocenters. The molecule has 2 N–H and O–H groups in total. The number of anilines is 1. The Morgan fingerprint density at radius 2 is 2.12 bits per heavy atom. The Kier molecular flexibility index (Phi) is 3.77. The third kappa shape index (κ3) is 2.91. The highest BCUT2D eigenvalue weighted by molar-refractivity contribution is 6.03. The molecular weight excluding hydrogens is 208 g/mol. The van der Waals surface area contributed by atoms with Crippen LogP contribution in [0.15, 0.2) is 40.9 Å². The maximum atomic E-state index is 11.5. The fourth-order valence-corrected chi connectivity index (χ4v) is 1.18. The van der Waals surface area contributed by atoms with Crippen molar-refractivity contribution in [3.05, 3.63) is 46.2 Å². The van der Waals surface area contributed by atoms with Crippen molar-refractivity contribution in [1.82, 2.24) is 0 Å². The summed E-state index contributed by atoms with van der Waals surface area (Å²) in [5, 5.41) is 14.0. The van der Waals surface area contributed by atoms with Crippen LogP contribution in [-0.4, -0.2) is 11.0 Å². The summed E-state index contributed by atoms with van der Waals surface area (Å²) in [6.07, 6.45) is 0. The van der Waals surface area contributed by atoms with Crippen molar-refractivity contribution in [2.75, 3.05) is 5.32 Å². The minimum Gasteiger partial charge on any atom is -0.510 e. The Morgan fingerprint density at radius 3 is 2.62 bits per heavy atom. The van der Waals surface area contributed by atoms with Crippen molar-refractivity contribution in [3.8, 4) is 0 Å². The first-order valence-electron chi connectivity index (χ1n) is 4.66. The lowest BCUT2D eigenvalue weighted by molar-refractivity contribution is -0.113. The Morgan fingerprint density at radius 1 is 1.44 bits per heavy atom. The van der Waals surface area contributed by atoms with Crippen molar-refractivity contribution >= 4 is 11.6 Å². The van der Waals surface area contributed by atoms with Gasteiger partial charge in [0, 0.05) is 5.69 Å². The number of amides is 1. The number of hydrogen-bond acceptors (Lipinski definition) is 4.